The van der Waals surface area contributed by atoms with Gasteiger partial charge in [-0.05, 0) is 43.5 Å². The molecule has 0 bridgehead atoms. The van der Waals surface area contributed by atoms with Gasteiger partial charge in [-0.2, -0.15) is 0 Å². The van der Waals surface area contributed by atoms with Gasteiger partial charge in [0.15, 0.2) is 5.78 Å². The molecule has 0 spiro atoms. The number of ketones is 1. The first-order valence-electron chi connectivity index (χ1n) is 7.36. The molecular weight excluding hydrogens is 300 g/mol. The van der Waals surface area contributed by atoms with Crippen LogP contribution in [0, 0.1) is 13.8 Å². The lowest BCUT2D eigenvalue weighted by Gasteiger charge is -2.08. The molecule has 0 heterocycles. The maximum absolute atomic E-state index is 12.2. The van der Waals surface area contributed by atoms with Gasteiger partial charge in [-0.1, -0.05) is 55.0 Å². The molecule has 1 nitrogen and oxygen atoms in total. The quantitative estimate of drug-likeness (QED) is 0.423. The van der Waals surface area contributed by atoms with Gasteiger partial charge in [-0.25, -0.2) is 0 Å². The Kier molecular flexibility index (Phi) is 7.37. The lowest BCUT2D eigenvalue weighted by atomic mass is 9.98. The molecule has 0 aliphatic rings. The molecular formula is C17H25BrO. The van der Waals surface area contributed by atoms with Crippen molar-refractivity contribution >= 4 is 21.7 Å². The highest BCUT2D eigenvalue weighted by atomic mass is 79.9. The molecule has 0 saturated heterocycles. The third kappa shape index (κ3) is 5.48. The Labute approximate surface area is 125 Å². The second-order valence-electron chi connectivity index (χ2n) is 5.36. The predicted octanol–water partition coefficient (Wildman–Crippen LogP) is 6.00. The van der Waals surface area contributed by atoms with Crippen molar-refractivity contribution in [2.75, 3.05) is 0 Å². The zero-order valence-electron chi connectivity index (χ0n) is 12.4. The van der Waals surface area contributed by atoms with Crippen molar-refractivity contribution in [3.05, 3.63) is 33.3 Å². The smallest absolute Gasteiger partial charge is 0.163 e. The van der Waals surface area contributed by atoms with Crippen LogP contribution in [0.5, 0.6) is 0 Å². The number of Topliss-reactive ketones (excluding diaryl/α,β-unsaturated/α-hetero) is 1. The highest BCUT2D eigenvalue weighted by molar-refractivity contribution is 9.10. The van der Waals surface area contributed by atoms with Crippen LogP contribution in [0.4, 0.5) is 0 Å². The van der Waals surface area contributed by atoms with Crippen molar-refractivity contribution in [3.8, 4) is 0 Å². The van der Waals surface area contributed by atoms with Gasteiger partial charge in [0, 0.05) is 16.5 Å². The number of aryl methyl sites for hydroxylation is 2. The summed E-state index contributed by atoms with van der Waals surface area (Å²) in [5.74, 6) is 0.295. The van der Waals surface area contributed by atoms with E-state index in [9.17, 15) is 4.79 Å². The van der Waals surface area contributed by atoms with Crippen molar-refractivity contribution in [1.82, 2.24) is 0 Å². The zero-order chi connectivity index (χ0) is 14.3. The first-order valence-corrected chi connectivity index (χ1v) is 8.15. The van der Waals surface area contributed by atoms with Crippen LogP contribution in [-0.4, -0.2) is 5.78 Å². The zero-order valence-corrected chi connectivity index (χ0v) is 14.0. The Morgan fingerprint density at radius 1 is 1.00 bits per heavy atom. The van der Waals surface area contributed by atoms with Crippen LogP contribution in [0.1, 0.15) is 73.4 Å². The molecule has 0 fully saturated rings. The van der Waals surface area contributed by atoms with Gasteiger partial charge >= 0.3 is 0 Å². The summed E-state index contributed by atoms with van der Waals surface area (Å²) in [5.41, 5.74) is 3.11. The molecule has 19 heavy (non-hydrogen) atoms. The highest BCUT2D eigenvalue weighted by Gasteiger charge is 2.10. The number of hydrogen-bond acceptors (Lipinski definition) is 1. The highest BCUT2D eigenvalue weighted by Crippen LogP contribution is 2.22. The lowest BCUT2D eigenvalue weighted by molar-refractivity contribution is 0.0978. The van der Waals surface area contributed by atoms with Gasteiger partial charge < -0.3 is 0 Å². The summed E-state index contributed by atoms with van der Waals surface area (Å²) < 4.78 is 1.08. The van der Waals surface area contributed by atoms with Crippen LogP contribution in [-0.2, 0) is 0 Å². The number of carbonyl (C=O) groups is 1. The Balaban J connectivity index is 2.43. The number of rotatable bonds is 8. The molecule has 1 rings (SSSR count). The Bertz CT molecular complexity index is 424. The molecule has 0 aliphatic heterocycles. The summed E-state index contributed by atoms with van der Waals surface area (Å²) in [4.78, 5) is 12.2. The maximum atomic E-state index is 12.2. The van der Waals surface area contributed by atoms with Crippen LogP contribution in [0.3, 0.4) is 0 Å². The topological polar surface area (TPSA) is 17.1 Å². The van der Waals surface area contributed by atoms with E-state index in [4.69, 9.17) is 0 Å². The van der Waals surface area contributed by atoms with Crippen molar-refractivity contribution < 1.29 is 4.79 Å². The van der Waals surface area contributed by atoms with Gasteiger partial charge in [0.2, 0.25) is 0 Å². The number of benzene rings is 1. The first-order chi connectivity index (χ1) is 9.06. The van der Waals surface area contributed by atoms with Crippen molar-refractivity contribution in [1.29, 1.82) is 0 Å². The fraction of sp³-hybridized carbons (Fsp3) is 0.588. The average Bonchev–Trinajstić information content (AvgIpc) is 2.37. The van der Waals surface area contributed by atoms with Crippen LogP contribution < -0.4 is 0 Å². The maximum Gasteiger partial charge on any atom is 0.163 e. The van der Waals surface area contributed by atoms with E-state index in [-0.39, 0.29) is 0 Å². The summed E-state index contributed by atoms with van der Waals surface area (Å²) in [5, 5.41) is 0. The van der Waals surface area contributed by atoms with Crippen LogP contribution in [0.25, 0.3) is 0 Å². The second kappa shape index (κ2) is 8.52. The van der Waals surface area contributed by atoms with E-state index in [0.717, 1.165) is 27.6 Å². The molecule has 0 amide bonds. The van der Waals surface area contributed by atoms with E-state index in [1.165, 1.54) is 32.1 Å². The Morgan fingerprint density at radius 2 is 1.63 bits per heavy atom. The van der Waals surface area contributed by atoms with Gasteiger partial charge in [-0.3, -0.25) is 4.79 Å². The Morgan fingerprint density at radius 3 is 2.32 bits per heavy atom. The summed E-state index contributed by atoms with van der Waals surface area (Å²) in [7, 11) is 0. The summed E-state index contributed by atoms with van der Waals surface area (Å²) in [6, 6.07) is 4.06. The predicted molar refractivity (Wildman–Crippen MR) is 85.9 cm³/mol. The van der Waals surface area contributed by atoms with E-state index < -0.39 is 0 Å². The average molecular weight is 325 g/mol. The molecule has 0 aromatic heterocycles. The number of halogens is 1. The van der Waals surface area contributed by atoms with E-state index in [0.29, 0.717) is 12.2 Å². The van der Waals surface area contributed by atoms with Crippen molar-refractivity contribution in [3.63, 3.8) is 0 Å². The minimum Gasteiger partial charge on any atom is -0.294 e. The van der Waals surface area contributed by atoms with E-state index in [1.807, 2.05) is 26.0 Å². The first kappa shape index (κ1) is 16.4. The van der Waals surface area contributed by atoms with Gasteiger partial charge in [0.1, 0.15) is 0 Å². The molecule has 0 radical (unpaired) electrons. The molecule has 0 N–H and O–H groups in total. The van der Waals surface area contributed by atoms with E-state index in [1.54, 1.807) is 0 Å². The number of carbonyl (C=O) groups excluding carboxylic acids is 1. The molecule has 0 aliphatic carbocycles. The SMILES string of the molecule is CCCCCCCCC(=O)c1cc(C)c(Br)cc1C. The fourth-order valence-electron chi connectivity index (χ4n) is 2.28. The number of hydrogen-bond donors (Lipinski definition) is 0. The van der Waals surface area contributed by atoms with Gasteiger partial charge in [0.25, 0.3) is 0 Å². The largest absolute Gasteiger partial charge is 0.294 e. The standard InChI is InChI=1S/C17H25BrO/c1-4-5-6-7-8-9-10-17(19)15-11-14(3)16(18)12-13(15)2/h11-12H,4-10H2,1-3H3. The molecule has 2 heteroatoms. The van der Waals surface area contributed by atoms with Crippen molar-refractivity contribution in [2.24, 2.45) is 0 Å². The minimum atomic E-state index is 0.295. The lowest BCUT2D eigenvalue weighted by Crippen LogP contribution is -2.02. The van der Waals surface area contributed by atoms with Gasteiger partial charge in [-0.15, -0.1) is 0 Å². The normalized spacial score (nSPS) is 10.7. The summed E-state index contributed by atoms with van der Waals surface area (Å²) in [6.07, 6.45) is 8.06. The molecule has 106 valence electrons. The minimum absolute atomic E-state index is 0.295. The molecule has 0 atom stereocenters. The monoisotopic (exact) mass is 324 g/mol. The van der Waals surface area contributed by atoms with Crippen LogP contribution in [0.2, 0.25) is 0 Å². The number of unbranched alkanes of at least 4 members (excludes halogenated alkanes) is 5. The molecule has 1 aromatic carbocycles. The third-order valence-corrected chi connectivity index (χ3v) is 4.42. The summed E-state index contributed by atoms with van der Waals surface area (Å²) >= 11 is 3.51. The van der Waals surface area contributed by atoms with Gasteiger partial charge in [0.05, 0.1) is 0 Å². The van der Waals surface area contributed by atoms with E-state index >= 15 is 0 Å². The summed E-state index contributed by atoms with van der Waals surface area (Å²) in [6.45, 7) is 6.27. The Hall–Kier alpha value is -0.630. The molecule has 1 aromatic rings. The third-order valence-electron chi connectivity index (χ3n) is 3.56. The molecule has 0 saturated carbocycles. The van der Waals surface area contributed by atoms with Crippen molar-refractivity contribution in [2.45, 2.75) is 65.7 Å². The molecule has 0 unspecified atom stereocenters. The van der Waals surface area contributed by atoms with Crippen LogP contribution >= 0.6 is 15.9 Å². The second-order valence-corrected chi connectivity index (χ2v) is 6.21. The fourth-order valence-corrected chi connectivity index (χ4v) is 2.74. The van der Waals surface area contributed by atoms with E-state index in [2.05, 4.69) is 22.9 Å². The van der Waals surface area contributed by atoms with Crippen LogP contribution in [0.15, 0.2) is 16.6 Å².